The molecule has 8 nitrogen and oxygen atoms in total. The van der Waals surface area contributed by atoms with E-state index in [0.717, 1.165) is 17.7 Å². The fourth-order valence-corrected chi connectivity index (χ4v) is 7.25. The minimum atomic E-state index is -3.48. The highest BCUT2D eigenvalue weighted by Crippen LogP contribution is 2.36. The molecule has 3 fully saturated rings. The molecule has 29 heavy (non-hydrogen) atoms. The van der Waals surface area contributed by atoms with Gasteiger partial charge in [-0.2, -0.15) is 4.31 Å². The third-order valence-electron chi connectivity index (χ3n) is 6.36. The third-order valence-corrected chi connectivity index (χ3v) is 9.72. The number of nitrogens with one attached hydrogen (secondary N) is 1. The minimum absolute atomic E-state index is 0.126. The largest absolute Gasteiger partial charge is 0.326 e. The molecule has 0 unspecified atom stereocenters. The summed E-state index contributed by atoms with van der Waals surface area (Å²) in [6.07, 6.45) is 3.28. The summed E-state index contributed by atoms with van der Waals surface area (Å²) in [6.45, 7) is 5.97. The van der Waals surface area contributed by atoms with E-state index < -0.39 is 15.6 Å². The summed E-state index contributed by atoms with van der Waals surface area (Å²) in [4.78, 5) is 29.7. The van der Waals surface area contributed by atoms with Crippen LogP contribution in [-0.4, -0.2) is 72.8 Å². The Labute approximate surface area is 175 Å². The zero-order chi connectivity index (χ0) is 20.8. The highest BCUT2D eigenvalue weighted by molar-refractivity contribution is 7.91. The molecular weight excluding hydrogens is 412 g/mol. The quantitative estimate of drug-likeness (QED) is 0.722. The van der Waals surface area contributed by atoms with Crippen LogP contribution in [0.15, 0.2) is 16.3 Å². The molecule has 0 aromatic carbocycles. The summed E-state index contributed by atoms with van der Waals surface area (Å²) in [6, 6.07) is 3.14. The van der Waals surface area contributed by atoms with Gasteiger partial charge in [0, 0.05) is 31.1 Å². The van der Waals surface area contributed by atoms with Crippen LogP contribution in [0, 0.1) is 12.8 Å². The molecule has 1 aliphatic carbocycles. The molecule has 0 radical (unpaired) electrons. The van der Waals surface area contributed by atoms with Crippen LogP contribution in [0.1, 0.15) is 37.5 Å². The molecule has 10 heteroatoms. The smallest absolute Gasteiger partial charge is 0.323 e. The first-order valence-electron chi connectivity index (χ1n) is 10.1. The number of hydrogen-bond donors (Lipinski definition) is 1. The summed E-state index contributed by atoms with van der Waals surface area (Å²) in [5.74, 6) is 0.458. The standard InChI is InChI=1S/C19H28N4O4S2/c1-14-5-7-19(8-6-14)17(24)23(18(25)20-19)13-21-9-11-22(12-10-21)29(26,27)16-4-3-15(2)28-16/h3-4,14H,5-13H2,1-2H3,(H,20,25). The number of sulfonamides is 1. The molecule has 1 aromatic rings. The van der Waals surface area contributed by atoms with Crippen molar-refractivity contribution < 1.29 is 18.0 Å². The lowest BCUT2D eigenvalue weighted by Crippen LogP contribution is -2.53. The Morgan fingerprint density at radius 1 is 1.14 bits per heavy atom. The normalized spacial score (nSPS) is 29.6. The van der Waals surface area contributed by atoms with E-state index in [4.69, 9.17) is 0 Å². The molecule has 3 heterocycles. The van der Waals surface area contributed by atoms with E-state index in [1.54, 1.807) is 6.07 Å². The Kier molecular flexibility index (Phi) is 5.47. The van der Waals surface area contributed by atoms with Gasteiger partial charge in [-0.15, -0.1) is 11.3 Å². The molecule has 0 atom stereocenters. The fraction of sp³-hybridized carbons (Fsp3) is 0.684. The zero-order valence-corrected chi connectivity index (χ0v) is 18.5. The molecule has 4 rings (SSSR count). The number of rotatable bonds is 4. The van der Waals surface area contributed by atoms with Crippen LogP contribution < -0.4 is 5.32 Å². The van der Waals surface area contributed by atoms with Crippen molar-refractivity contribution in [2.45, 2.75) is 49.3 Å². The van der Waals surface area contributed by atoms with Gasteiger partial charge in [-0.3, -0.25) is 9.69 Å². The lowest BCUT2D eigenvalue weighted by Gasteiger charge is -2.36. The molecule has 3 aliphatic rings. The first kappa shape index (κ1) is 20.8. The van der Waals surface area contributed by atoms with Gasteiger partial charge in [0.1, 0.15) is 9.75 Å². The first-order chi connectivity index (χ1) is 13.7. The summed E-state index contributed by atoms with van der Waals surface area (Å²) in [7, 11) is -3.48. The van der Waals surface area contributed by atoms with Crippen molar-refractivity contribution in [1.82, 2.24) is 19.4 Å². The van der Waals surface area contributed by atoms with Gasteiger partial charge in [0.15, 0.2) is 0 Å². The summed E-state index contributed by atoms with van der Waals surface area (Å²) >= 11 is 1.28. The highest BCUT2D eigenvalue weighted by atomic mass is 32.2. The third kappa shape index (κ3) is 3.83. The van der Waals surface area contributed by atoms with E-state index in [9.17, 15) is 18.0 Å². The number of urea groups is 1. The fourth-order valence-electron chi connectivity index (χ4n) is 4.39. The van der Waals surface area contributed by atoms with Crippen LogP contribution in [0.4, 0.5) is 4.79 Å². The maximum atomic E-state index is 13.0. The number of carbonyl (C=O) groups is 2. The Morgan fingerprint density at radius 2 is 1.79 bits per heavy atom. The van der Waals surface area contributed by atoms with Gasteiger partial charge >= 0.3 is 6.03 Å². The Bertz CT molecular complexity index is 897. The molecule has 0 bridgehead atoms. The molecule has 160 valence electrons. The average Bonchev–Trinajstić information content (AvgIpc) is 3.23. The van der Waals surface area contributed by atoms with Crippen molar-refractivity contribution >= 4 is 33.3 Å². The molecular formula is C19H28N4O4S2. The van der Waals surface area contributed by atoms with Crippen molar-refractivity contribution in [3.05, 3.63) is 17.0 Å². The Morgan fingerprint density at radius 3 is 2.38 bits per heavy atom. The predicted molar refractivity (Wildman–Crippen MR) is 110 cm³/mol. The van der Waals surface area contributed by atoms with Gasteiger partial charge in [-0.25, -0.2) is 18.1 Å². The number of piperazine rings is 1. The maximum Gasteiger partial charge on any atom is 0.326 e. The van der Waals surface area contributed by atoms with Gasteiger partial charge in [-0.1, -0.05) is 6.92 Å². The lowest BCUT2D eigenvalue weighted by molar-refractivity contribution is -0.134. The van der Waals surface area contributed by atoms with Crippen molar-refractivity contribution in [2.24, 2.45) is 5.92 Å². The van der Waals surface area contributed by atoms with Gasteiger partial charge in [-0.05, 0) is 50.7 Å². The molecule has 1 N–H and O–H groups in total. The monoisotopic (exact) mass is 440 g/mol. The number of thiophene rings is 1. The molecule has 2 aliphatic heterocycles. The van der Waals surface area contributed by atoms with Crippen LogP contribution in [0.25, 0.3) is 0 Å². The van der Waals surface area contributed by atoms with Crippen LogP contribution >= 0.6 is 11.3 Å². The van der Waals surface area contributed by atoms with Gasteiger partial charge in [0.05, 0.1) is 6.67 Å². The topological polar surface area (TPSA) is 90.0 Å². The highest BCUT2D eigenvalue weighted by Gasteiger charge is 2.52. The van der Waals surface area contributed by atoms with E-state index in [0.29, 0.717) is 49.1 Å². The van der Waals surface area contributed by atoms with E-state index in [-0.39, 0.29) is 18.6 Å². The SMILES string of the molecule is Cc1ccc(S(=O)(=O)N2CCN(CN3C(=O)NC4(CCC(C)CC4)C3=O)CC2)s1. The van der Waals surface area contributed by atoms with Crippen LogP contribution in [0.2, 0.25) is 0 Å². The van der Waals surface area contributed by atoms with Gasteiger partial charge in [0.2, 0.25) is 0 Å². The van der Waals surface area contributed by atoms with E-state index in [2.05, 4.69) is 12.2 Å². The predicted octanol–water partition coefficient (Wildman–Crippen LogP) is 1.82. The van der Waals surface area contributed by atoms with Crippen LogP contribution in [0.3, 0.4) is 0 Å². The second-order valence-electron chi connectivity index (χ2n) is 8.46. The summed E-state index contributed by atoms with van der Waals surface area (Å²) in [5.41, 5.74) is -0.730. The molecule has 1 aromatic heterocycles. The molecule has 1 saturated carbocycles. The Hall–Kier alpha value is -1.49. The first-order valence-corrected chi connectivity index (χ1v) is 12.4. The minimum Gasteiger partial charge on any atom is -0.323 e. The van der Waals surface area contributed by atoms with Gasteiger partial charge < -0.3 is 5.32 Å². The zero-order valence-electron chi connectivity index (χ0n) is 16.9. The van der Waals surface area contributed by atoms with Crippen molar-refractivity contribution in [2.75, 3.05) is 32.8 Å². The van der Waals surface area contributed by atoms with Crippen molar-refractivity contribution in [3.63, 3.8) is 0 Å². The number of amides is 3. The number of carbonyl (C=O) groups excluding carboxylic acids is 2. The van der Waals surface area contributed by atoms with Crippen LogP contribution in [0.5, 0.6) is 0 Å². The maximum absolute atomic E-state index is 13.0. The van der Waals surface area contributed by atoms with Crippen molar-refractivity contribution in [1.29, 1.82) is 0 Å². The van der Waals surface area contributed by atoms with E-state index in [1.807, 2.05) is 17.9 Å². The number of aryl methyl sites for hydroxylation is 1. The van der Waals surface area contributed by atoms with Gasteiger partial charge in [0.25, 0.3) is 15.9 Å². The second kappa shape index (κ2) is 7.64. The molecule has 2 saturated heterocycles. The Balaban J connectivity index is 1.36. The number of nitrogens with zero attached hydrogens (tertiary/aromatic N) is 3. The average molecular weight is 441 g/mol. The van der Waals surface area contributed by atoms with Crippen molar-refractivity contribution in [3.8, 4) is 0 Å². The molecule has 1 spiro atoms. The van der Waals surface area contributed by atoms with E-state index in [1.165, 1.54) is 20.5 Å². The second-order valence-corrected chi connectivity index (χ2v) is 11.9. The summed E-state index contributed by atoms with van der Waals surface area (Å²) < 4.78 is 27.4. The number of hydrogen-bond acceptors (Lipinski definition) is 6. The summed E-state index contributed by atoms with van der Waals surface area (Å²) in [5, 5.41) is 2.94. The number of imide groups is 1. The van der Waals surface area contributed by atoms with Crippen LogP contribution in [-0.2, 0) is 14.8 Å². The van der Waals surface area contributed by atoms with E-state index >= 15 is 0 Å². The lowest BCUT2D eigenvalue weighted by atomic mass is 9.77. The molecule has 3 amide bonds.